The average Bonchev–Trinajstić information content (AvgIpc) is 3.13. The van der Waals surface area contributed by atoms with Crippen molar-refractivity contribution in [2.24, 2.45) is 0 Å². The molecule has 2 aliphatic rings. The highest BCUT2D eigenvalue weighted by molar-refractivity contribution is 7.09. The van der Waals surface area contributed by atoms with E-state index in [-0.39, 0.29) is 11.8 Å². The number of hydrogen-bond donors (Lipinski definition) is 0. The summed E-state index contributed by atoms with van der Waals surface area (Å²) in [5.41, 5.74) is 1.02. The molecule has 22 heavy (non-hydrogen) atoms. The first-order valence-electron chi connectivity index (χ1n) is 8.60. The van der Waals surface area contributed by atoms with Crippen molar-refractivity contribution in [3.63, 3.8) is 0 Å². The molecule has 1 aromatic heterocycles. The van der Waals surface area contributed by atoms with E-state index in [0.29, 0.717) is 0 Å². The molecule has 1 aliphatic carbocycles. The number of carbonyl (C=O) groups excluding carboxylic acids is 1. The molecular formula is C17H27N3OS. The van der Waals surface area contributed by atoms with Gasteiger partial charge in [-0.1, -0.05) is 12.8 Å². The molecule has 2 heterocycles. The second-order valence-corrected chi connectivity index (χ2v) is 7.59. The highest BCUT2D eigenvalue weighted by Crippen LogP contribution is 2.26. The average molecular weight is 321 g/mol. The molecule has 4 nitrogen and oxygen atoms in total. The summed E-state index contributed by atoms with van der Waals surface area (Å²) in [6.07, 6.45) is 6.56. The Kier molecular flexibility index (Phi) is 5.14. The van der Waals surface area contributed by atoms with Gasteiger partial charge in [-0.05, 0) is 33.1 Å². The van der Waals surface area contributed by atoms with Gasteiger partial charge in [-0.2, -0.15) is 0 Å². The predicted octanol–water partition coefficient (Wildman–Crippen LogP) is 3.03. The van der Waals surface area contributed by atoms with Gasteiger partial charge in [0.1, 0.15) is 5.01 Å². The van der Waals surface area contributed by atoms with Gasteiger partial charge in [0.25, 0.3) is 0 Å². The Hall–Kier alpha value is -0.940. The van der Waals surface area contributed by atoms with Crippen LogP contribution >= 0.6 is 11.3 Å². The number of aromatic nitrogens is 1. The third-order valence-corrected chi connectivity index (χ3v) is 6.21. The maximum absolute atomic E-state index is 12.8. The lowest BCUT2D eigenvalue weighted by Crippen LogP contribution is -2.39. The monoisotopic (exact) mass is 321 g/mol. The van der Waals surface area contributed by atoms with Crippen LogP contribution in [0.25, 0.3) is 0 Å². The number of carbonyl (C=O) groups is 1. The van der Waals surface area contributed by atoms with Crippen LogP contribution in [0.1, 0.15) is 55.6 Å². The summed E-state index contributed by atoms with van der Waals surface area (Å²) < 4.78 is 0. The fraction of sp³-hybridized carbons (Fsp3) is 0.765. The molecule has 122 valence electrons. The Morgan fingerprint density at radius 3 is 2.68 bits per heavy atom. The minimum Gasteiger partial charge on any atom is -0.341 e. The second-order valence-electron chi connectivity index (χ2n) is 6.70. The molecule has 1 saturated heterocycles. The third-order valence-electron chi connectivity index (χ3n) is 5.06. The van der Waals surface area contributed by atoms with Crippen LogP contribution in [-0.4, -0.2) is 52.9 Å². The summed E-state index contributed by atoms with van der Waals surface area (Å²) in [6, 6.07) is 0.772. The van der Waals surface area contributed by atoms with Crippen LogP contribution in [-0.2, 0) is 4.79 Å². The van der Waals surface area contributed by atoms with Crippen molar-refractivity contribution in [2.45, 2.75) is 57.9 Å². The van der Waals surface area contributed by atoms with Gasteiger partial charge in [0.05, 0.1) is 5.92 Å². The molecule has 1 atom stereocenters. The molecule has 0 bridgehead atoms. The number of hydrogen-bond acceptors (Lipinski definition) is 4. The number of thiazole rings is 1. The molecule has 1 aliphatic heterocycles. The van der Waals surface area contributed by atoms with Gasteiger partial charge in [-0.25, -0.2) is 4.98 Å². The van der Waals surface area contributed by atoms with Crippen molar-refractivity contribution in [3.8, 4) is 0 Å². The minimum atomic E-state index is -0.100. The van der Waals surface area contributed by atoms with E-state index in [9.17, 15) is 4.79 Å². The fourth-order valence-corrected chi connectivity index (χ4v) is 4.59. The maximum atomic E-state index is 12.8. The van der Waals surface area contributed by atoms with Gasteiger partial charge < -0.3 is 4.90 Å². The van der Waals surface area contributed by atoms with Crippen LogP contribution in [0.2, 0.25) is 0 Å². The van der Waals surface area contributed by atoms with Crippen LogP contribution in [0, 0.1) is 6.92 Å². The minimum absolute atomic E-state index is 0.100. The lowest BCUT2D eigenvalue weighted by atomic mass is 10.1. The third kappa shape index (κ3) is 3.51. The SMILES string of the molecule is Cc1csc(C(C)C(=O)N2CCCN(C3CCCC3)CC2)n1. The van der Waals surface area contributed by atoms with Crippen LogP contribution in [0.3, 0.4) is 0 Å². The van der Waals surface area contributed by atoms with E-state index in [1.54, 1.807) is 11.3 Å². The molecule has 1 saturated carbocycles. The number of amides is 1. The standard InChI is InChI=1S/C17H27N3OS/c1-13-12-22-16(18-13)14(2)17(21)20-9-5-8-19(10-11-20)15-6-3-4-7-15/h12,14-15H,3-11H2,1-2H3. The molecule has 0 aromatic carbocycles. The largest absolute Gasteiger partial charge is 0.341 e. The summed E-state index contributed by atoms with van der Waals surface area (Å²) in [5, 5.41) is 2.99. The predicted molar refractivity (Wildman–Crippen MR) is 90.3 cm³/mol. The fourth-order valence-electron chi connectivity index (χ4n) is 3.74. The van der Waals surface area contributed by atoms with Gasteiger partial charge in [-0.15, -0.1) is 11.3 Å². The molecule has 0 radical (unpaired) electrons. The molecular weight excluding hydrogens is 294 g/mol. The first-order valence-corrected chi connectivity index (χ1v) is 9.48. The van der Waals surface area contributed by atoms with Crippen molar-refractivity contribution in [1.29, 1.82) is 0 Å². The van der Waals surface area contributed by atoms with E-state index in [1.165, 1.54) is 25.7 Å². The Balaban J connectivity index is 1.59. The Labute approximate surface area is 137 Å². The second kappa shape index (κ2) is 7.09. The van der Waals surface area contributed by atoms with Gasteiger partial charge in [-0.3, -0.25) is 9.69 Å². The Bertz CT molecular complexity index is 510. The van der Waals surface area contributed by atoms with Gasteiger partial charge >= 0.3 is 0 Å². The zero-order chi connectivity index (χ0) is 15.5. The lowest BCUT2D eigenvalue weighted by molar-refractivity contribution is -0.132. The van der Waals surface area contributed by atoms with Crippen molar-refractivity contribution < 1.29 is 4.79 Å². The first kappa shape index (κ1) is 15.9. The van der Waals surface area contributed by atoms with E-state index in [4.69, 9.17) is 0 Å². The summed E-state index contributed by atoms with van der Waals surface area (Å²) in [6.45, 7) is 7.96. The highest BCUT2D eigenvalue weighted by Gasteiger charge is 2.29. The van der Waals surface area contributed by atoms with E-state index in [0.717, 1.165) is 49.3 Å². The molecule has 1 amide bonds. The molecule has 0 spiro atoms. The molecule has 5 heteroatoms. The van der Waals surface area contributed by atoms with E-state index in [1.807, 2.05) is 19.2 Å². The van der Waals surface area contributed by atoms with Crippen LogP contribution in [0.15, 0.2) is 5.38 Å². The maximum Gasteiger partial charge on any atom is 0.232 e. The molecule has 1 unspecified atom stereocenters. The van der Waals surface area contributed by atoms with Crippen molar-refractivity contribution in [2.75, 3.05) is 26.2 Å². The van der Waals surface area contributed by atoms with Crippen LogP contribution in [0.4, 0.5) is 0 Å². The lowest BCUT2D eigenvalue weighted by Gasteiger charge is -2.27. The van der Waals surface area contributed by atoms with Gasteiger partial charge in [0.15, 0.2) is 0 Å². The zero-order valence-electron chi connectivity index (χ0n) is 13.8. The van der Waals surface area contributed by atoms with E-state index in [2.05, 4.69) is 14.8 Å². The van der Waals surface area contributed by atoms with Gasteiger partial charge in [0.2, 0.25) is 5.91 Å². The molecule has 1 aromatic rings. The highest BCUT2D eigenvalue weighted by atomic mass is 32.1. The number of nitrogens with zero attached hydrogens (tertiary/aromatic N) is 3. The summed E-state index contributed by atoms with van der Waals surface area (Å²) in [7, 11) is 0. The normalized spacial score (nSPS) is 22.7. The Morgan fingerprint density at radius 2 is 2.00 bits per heavy atom. The summed E-state index contributed by atoms with van der Waals surface area (Å²) in [4.78, 5) is 21.9. The first-order chi connectivity index (χ1) is 10.6. The van der Waals surface area contributed by atoms with E-state index >= 15 is 0 Å². The number of aryl methyl sites for hydroxylation is 1. The zero-order valence-corrected chi connectivity index (χ0v) is 14.6. The Morgan fingerprint density at radius 1 is 1.23 bits per heavy atom. The summed E-state index contributed by atoms with van der Waals surface area (Å²) in [5.74, 6) is 0.152. The quantitative estimate of drug-likeness (QED) is 0.858. The van der Waals surface area contributed by atoms with Crippen molar-refractivity contribution >= 4 is 17.2 Å². The van der Waals surface area contributed by atoms with Crippen LogP contribution in [0.5, 0.6) is 0 Å². The molecule has 3 rings (SSSR count). The summed E-state index contributed by atoms with van der Waals surface area (Å²) >= 11 is 1.61. The van der Waals surface area contributed by atoms with Crippen molar-refractivity contribution in [3.05, 3.63) is 16.1 Å². The van der Waals surface area contributed by atoms with E-state index < -0.39 is 0 Å². The number of rotatable bonds is 3. The van der Waals surface area contributed by atoms with Gasteiger partial charge in [0, 0.05) is 43.3 Å². The van der Waals surface area contributed by atoms with Crippen molar-refractivity contribution in [1.82, 2.24) is 14.8 Å². The molecule has 2 fully saturated rings. The molecule has 0 N–H and O–H groups in total. The van der Waals surface area contributed by atoms with Crippen LogP contribution < -0.4 is 0 Å². The topological polar surface area (TPSA) is 36.4 Å². The smallest absolute Gasteiger partial charge is 0.232 e.